The van der Waals surface area contributed by atoms with Crippen molar-refractivity contribution in [3.63, 3.8) is 0 Å². The zero-order chi connectivity index (χ0) is 12.4. The van der Waals surface area contributed by atoms with E-state index in [1.165, 1.54) is 11.1 Å². The molecule has 0 bridgehead atoms. The highest BCUT2D eigenvalue weighted by molar-refractivity contribution is 9.10. The maximum absolute atomic E-state index is 12.1. The number of anilines is 1. The number of carbonyl (C=O) groups is 2. The number of pyridine rings is 1. The fourth-order valence-corrected chi connectivity index (χ4v) is 1.93. The fourth-order valence-electron chi connectivity index (χ4n) is 1.60. The van der Waals surface area contributed by atoms with Crippen LogP contribution in [0, 0.1) is 0 Å². The Labute approximate surface area is 106 Å². The van der Waals surface area contributed by atoms with Crippen LogP contribution in [0.15, 0.2) is 16.7 Å². The third-order valence-corrected chi connectivity index (χ3v) is 2.87. The van der Waals surface area contributed by atoms with E-state index in [0.29, 0.717) is 23.1 Å². The van der Waals surface area contributed by atoms with Crippen LogP contribution in [0.25, 0.3) is 0 Å². The molecule has 7 heteroatoms. The Hall–Kier alpha value is -1.63. The van der Waals surface area contributed by atoms with E-state index >= 15 is 0 Å². The van der Waals surface area contributed by atoms with E-state index in [1.807, 2.05) is 0 Å². The van der Waals surface area contributed by atoms with Gasteiger partial charge in [0.05, 0.1) is 12.1 Å². The Balaban J connectivity index is 2.24. The third-order valence-electron chi connectivity index (χ3n) is 2.44. The van der Waals surface area contributed by atoms with E-state index in [4.69, 9.17) is 5.73 Å². The van der Waals surface area contributed by atoms with Crippen molar-refractivity contribution in [3.8, 4) is 0 Å². The van der Waals surface area contributed by atoms with Crippen LogP contribution in [-0.2, 0) is 4.79 Å². The average Bonchev–Trinajstić information content (AvgIpc) is 2.31. The summed E-state index contributed by atoms with van der Waals surface area (Å²) in [4.78, 5) is 28.7. The SMILES string of the molecule is Nc1ncc(Br)cc1C(=O)N1CCNC(=O)C1. The van der Waals surface area contributed by atoms with Crippen LogP contribution in [0.3, 0.4) is 0 Å². The molecule has 0 radical (unpaired) electrons. The van der Waals surface area contributed by atoms with Gasteiger partial charge < -0.3 is 16.0 Å². The molecule has 3 N–H and O–H groups in total. The Morgan fingerprint density at radius 2 is 2.35 bits per heavy atom. The van der Waals surface area contributed by atoms with Crippen LogP contribution >= 0.6 is 15.9 Å². The van der Waals surface area contributed by atoms with Gasteiger partial charge in [-0.15, -0.1) is 0 Å². The van der Waals surface area contributed by atoms with Gasteiger partial charge in [-0.2, -0.15) is 0 Å². The lowest BCUT2D eigenvalue weighted by atomic mass is 10.2. The number of nitrogens with zero attached hydrogens (tertiary/aromatic N) is 2. The molecule has 0 aromatic carbocycles. The molecule has 2 heterocycles. The minimum absolute atomic E-state index is 0.0603. The van der Waals surface area contributed by atoms with Crippen molar-refractivity contribution in [2.24, 2.45) is 0 Å². The molecule has 0 unspecified atom stereocenters. The number of piperazine rings is 1. The number of nitrogen functional groups attached to an aromatic ring is 1. The molecule has 0 aliphatic carbocycles. The quantitative estimate of drug-likeness (QED) is 0.764. The van der Waals surface area contributed by atoms with E-state index in [1.54, 1.807) is 6.07 Å². The monoisotopic (exact) mass is 298 g/mol. The molecule has 2 amide bonds. The van der Waals surface area contributed by atoms with Crippen molar-refractivity contribution in [3.05, 3.63) is 22.3 Å². The third kappa shape index (κ3) is 2.55. The first-order valence-electron chi connectivity index (χ1n) is 5.05. The molecule has 0 spiro atoms. The molecular weight excluding hydrogens is 288 g/mol. The van der Waals surface area contributed by atoms with Crippen molar-refractivity contribution in [1.29, 1.82) is 0 Å². The predicted molar refractivity (Wildman–Crippen MR) is 65.3 cm³/mol. The standard InChI is InChI=1S/C10H11BrN4O2/c11-6-3-7(9(12)14-4-6)10(17)15-2-1-13-8(16)5-15/h3-4H,1-2,5H2,(H2,12,14)(H,13,16). The van der Waals surface area contributed by atoms with Gasteiger partial charge in [-0.3, -0.25) is 9.59 Å². The predicted octanol–water partition coefficient (Wildman–Crippen LogP) is -0.00170. The lowest BCUT2D eigenvalue weighted by Gasteiger charge is -2.26. The molecule has 1 aromatic rings. The second-order valence-corrected chi connectivity index (χ2v) is 4.58. The van der Waals surface area contributed by atoms with Gasteiger partial charge in [0, 0.05) is 23.8 Å². The number of aromatic nitrogens is 1. The molecule has 90 valence electrons. The normalized spacial score (nSPS) is 15.6. The largest absolute Gasteiger partial charge is 0.383 e. The Morgan fingerprint density at radius 3 is 3.06 bits per heavy atom. The van der Waals surface area contributed by atoms with Gasteiger partial charge in [0.25, 0.3) is 5.91 Å². The number of amides is 2. The zero-order valence-corrected chi connectivity index (χ0v) is 10.5. The lowest BCUT2D eigenvalue weighted by molar-refractivity contribution is -0.123. The van der Waals surface area contributed by atoms with Crippen LogP contribution in [0.5, 0.6) is 0 Å². The highest BCUT2D eigenvalue weighted by atomic mass is 79.9. The summed E-state index contributed by atoms with van der Waals surface area (Å²) in [5.74, 6) is -0.263. The summed E-state index contributed by atoms with van der Waals surface area (Å²) < 4.78 is 0.677. The van der Waals surface area contributed by atoms with Crippen molar-refractivity contribution >= 4 is 33.6 Å². The van der Waals surface area contributed by atoms with Crippen LogP contribution in [0.4, 0.5) is 5.82 Å². The first kappa shape index (κ1) is 11.8. The first-order chi connectivity index (χ1) is 8.08. The Morgan fingerprint density at radius 1 is 1.59 bits per heavy atom. The summed E-state index contributed by atoms with van der Waals surface area (Å²) in [5, 5.41) is 2.66. The summed E-state index contributed by atoms with van der Waals surface area (Å²) in [7, 11) is 0. The zero-order valence-electron chi connectivity index (χ0n) is 8.94. The molecule has 1 aliphatic heterocycles. The maximum Gasteiger partial charge on any atom is 0.258 e. The van der Waals surface area contributed by atoms with Crippen molar-refractivity contribution in [1.82, 2.24) is 15.2 Å². The summed E-state index contributed by atoms with van der Waals surface area (Å²) >= 11 is 3.23. The maximum atomic E-state index is 12.1. The molecule has 1 aliphatic rings. The number of nitrogens with two attached hydrogens (primary N) is 1. The molecule has 17 heavy (non-hydrogen) atoms. The summed E-state index contributed by atoms with van der Waals surface area (Å²) in [6, 6.07) is 1.61. The number of halogens is 1. The smallest absolute Gasteiger partial charge is 0.258 e. The van der Waals surface area contributed by atoms with Gasteiger partial charge in [0.1, 0.15) is 5.82 Å². The van der Waals surface area contributed by atoms with Gasteiger partial charge in [-0.1, -0.05) is 0 Å². The van der Waals surface area contributed by atoms with Crippen LogP contribution in [-0.4, -0.2) is 41.3 Å². The van der Waals surface area contributed by atoms with Crippen molar-refractivity contribution < 1.29 is 9.59 Å². The van der Waals surface area contributed by atoms with E-state index < -0.39 is 0 Å². The molecule has 0 atom stereocenters. The number of hydrogen-bond acceptors (Lipinski definition) is 4. The second kappa shape index (κ2) is 4.70. The molecule has 2 rings (SSSR count). The fraction of sp³-hybridized carbons (Fsp3) is 0.300. The summed E-state index contributed by atoms with van der Waals surface area (Å²) in [6.45, 7) is 1.01. The van der Waals surface area contributed by atoms with Crippen LogP contribution in [0.2, 0.25) is 0 Å². The molecule has 0 saturated carbocycles. The van der Waals surface area contributed by atoms with E-state index in [-0.39, 0.29) is 24.2 Å². The van der Waals surface area contributed by atoms with E-state index in [2.05, 4.69) is 26.2 Å². The minimum Gasteiger partial charge on any atom is -0.383 e. The van der Waals surface area contributed by atoms with Crippen LogP contribution < -0.4 is 11.1 Å². The van der Waals surface area contributed by atoms with E-state index in [9.17, 15) is 9.59 Å². The number of carbonyl (C=O) groups excluding carboxylic acids is 2. The highest BCUT2D eigenvalue weighted by Crippen LogP contribution is 2.17. The first-order valence-corrected chi connectivity index (χ1v) is 5.84. The van der Waals surface area contributed by atoms with Crippen molar-refractivity contribution in [2.45, 2.75) is 0 Å². The van der Waals surface area contributed by atoms with Gasteiger partial charge in [0.2, 0.25) is 5.91 Å². The number of hydrogen-bond donors (Lipinski definition) is 2. The van der Waals surface area contributed by atoms with Crippen LogP contribution in [0.1, 0.15) is 10.4 Å². The van der Waals surface area contributed by atoms with E-state index in [0.717, 1.165) is 0 Å². The molecular formula is C10H11BrN4O2. The highest BCUT2D eigenvalue weighted by Gasteiger charge is 2.24. The van der Waals surface area contributed by atoms with Gasteiger partial charge in [0.15, 0.2) is 0 Å². The Kier molecular flexibility index (Phi) is 3.28. The Bertz CT molecular complexity index is 477. The van der Waals surface area contributed by atoms with Gasteiger partial charge in [-0.05, 0) is 22.0 Å². The topological polar surface area (TPSA) is 88.3 Å². The molecule has 1 saturated heterocycles. The number of rotatable bonds is 1. The average molecular weight is 299 g/mol. The molecule has 6 nitrogen and oxygen atoms in total. The summed E-state index contributed by atoms with van der Waals surface area (Å²) in [6.07, 6.45) is 1.52. The lowest BCUT2D eigenvalue weighted by Crippen LogP contribution is -2.50. The summed E-state index contributed by atoms with van der Waals surface area (Å²) in [5.41, 5.74) is 5.97. The minimum atomic E-state index is -0.272. The van der Waals surface area contributed by atoms with Gasteiger partial charge in [-0.25, -0.2) is 4.98 Å². The molecule has 1 fully saturated rings. The molecule has 1 aromatic heterocycles. The second-order valence-electron chi connectivity index (χ2n) is 3.66. The number of nitrogens with one attached hydrogen (secondary N) is 1. The van der Waals surface area contributed by atoms with Gasteiger partial charge >= 0.3 is 0 Å². The van der Waals surface area contributed by atoms with Crippen molar-refractivity contribution in [2.75, 3.05) is 25.4 Å².